The molecule has 0 atom stereocenters. The molecule has 34 heavy (non-hydrogen) atoms. The number of carbonyl (C=O) groups excluding carboxylic acids is 2. The first-order valence-electron chi connectivity index (χ1n) is 8.80. The minimum absolute atomic E-state index is 0.398. The van der Waals surface area contributed by atoms with E-state index in [1.165, 1.54) is 0 Å². The normalized spacial score (nSPS) is 10.5. The molecule has 0 aliphatic heterocycles. The molecule has 0 radical (unpaired) electrons. The summed E-state index contributed by atoms with van der Waals surface area (Å²) in [5.41, 5.74) is -4.41. The predicted octanol–water partition coefficient (Wildman–Crippen LogP) is 4.50. The van der Waals surface area contributed by atoms with Gasteiger partial charge in [0.1, 0.15) is 22.6 Å². The molecule has 3 rings (SSSR count). The van der Waals surface area contributed by atoms with Crippen molar-refractivity contribution in [3.8, 4) is 11.5 Å². The number of benzene rings is 3. The number of nitro benzene ring substituents is 2. The highest BCUT2D eigenvalue weighted by Gasteiger charge is 2.34. The van der Waals surface area contributed by atoms with Crippen molar-refractivity contribution in [2.24, 2.45) is 0 Å². The van der Waals surface area contributed by atoms with Crippen LogP contribution in [-0.4, -0.2) is 21.8 Å². The van der Waals surface area contributed by atoms with Crippen LogP contribution >= 0.6 is 0 Å². The largest absolute Gasteiger partial charge is 0.423 e. The molecule has 0 saturated carbocycles. The summed E-state index contributed by atoms with van der Waals surface area (Å²) in [5.74, 6) is -13.7. The Bertz CT molecular complexity index is 1200. The van der Waals surface area contributed by atoms with E-state index in [-0.39, 0.29) is 0 Å². The zero-order chi connectivity index (χ0) is 25.2. The minimum Gasteiger partial charge on any atom is -0.423 e. The molecule has 174 valence electrons. The highest BCUT2D eigenvalue weighted by atomic mass is 19.2. The van der Waals surface area contributed by atoms with E-state index in [0.717, 1.165) is 48.5 Å². The molecule has 0 aliphatic rings. The number of nitrogens with zero attached hydrogens (tertiary/aromatic N) is 2. The number of halogens is 4. The van der Waals surface area contributed by atoms with Crippen molar-refractivity contribution in [3.05, 3.63) is 103 Å². The van der Waals surface area contributed by atoms with Crippen LogP contribution in [-0.2, 0) is 0 Å². The standard InChI is InChI=1S/C20H8F4N2O8/c21-15-13(19(27)33-11-5-1-9(2-6-11)25(29)30)16(22)18(24)14(17(15)23)20(28)34-12-7-3-10(4-8-12)26(31)32/h1-8H. The molecule has 0 unspecified atom stereocenters. The van der Waals surface area contributed by atoms with Gasteiger partial charge in [-0.2, -0.15) is 0 Å². The van der Waals surface area contributed by atoms with E-state index in [4.69, 9.17) is 0 Å². The molecule has 0 bridgehead atoms. The Morgan fingerprint density at radius 1 is 0.588 bits per heavy atom. The van der Waals surface area contributed by atoms with Crippen molar-refractivity contribution in [2.45, 2.75) is 0 Å². The number of hydrogen-bond donors (Lipinski definition) is 0. The third-order valence-corrected chi connectivity index (χ3v) is 4.19. The lowest BCUT2D eigenvalue weighted by Gasteiger charge is -2.11. The summed E-state index contributed by atoms with van der Waals surface area (Å²) in [7, 11) is 0. The highest BCUT2D eigenvalue weighted by molar-refractivity contribution is 5.96. The fraction of sp³-hybridized carbons (Fsp3) is 0. The van der Waals surface area contributed by atoms with E-state index >= 15 is 0 Å². The fourth-order valence-corrected chi connectivity index (χ4v) is 2.58. The first-order chi connectivity index (χ1) is 16.0. The number of carbonyl (C=O) groups is 2. The maximum absolute atomic E-state index is 14.4. The Labute approximate surface area is 185 Å². The third-order valence-electron chi connectivity index (χ3n) is 4.19. The molecule has 10 nitrogen and oxygen atoms in total. The molecule has 0 amide bonds. The van der Waals surface area contributed by atoms with Crippen LogP contribution in [0.1, 0.15) is 20.7 Å². The van der Waals surface area contributed by atoms with Crippen molar-refractivity contribution in [2.75, 3.05) is 0 Å². The Kier molecular flexibility index (Phi) is 6.51. The summed E-state index contributed by atoms with van der Waals surface area (Å²) in [6.07, 6.45) is 0. The highest BCUT2D eigenvalue weighted by Crippen LogP contribution is 2.28. The van der Waals surface area contributed by atoms with Crippen LogP contribution < -0.4 is 9.47 Å². The molecule has 0 spiro atoms. The summed E-state index contributed by atoms with van der Waals surface area (Å²) in [6.45, 7) is 0. The van der Waals surface area contributed by atoms with Gasteiger partial charge < -0.3 is 9.47 Å². The number of ether oxygens (including phenoxy) is 2. The molecule has 14 heteroatoms. The molecule has 0 fully saturated rings. The van der Waals surface area contributed by atoms with E-state index in [1.807, 2.05) is 0 Å². The third kappa shape index (κ3) is 4.64. The molecular formula is C20H8F4N2O8. The summed E-state index contributed by atoms with van der Waals surface area (Å²) < 4.78 is 66.8. The van der Waals surface area contributed by atoms with Crippen molar-refractivity contribution in [1.82, 2.24) is 0 Å². The molecule has 3 aromatic carbocycles. The first kappa shape index (κ1) is 23.8. The Morgan fingerprint density at radius 2 is 0.853 bits per heavy atom. The van der Waals surface area contributed by atoms with Gasteiger partial charge in [0.05, 0.1) is 9.85 Å². The van der Waals surface area contributed by atoms with Gasteiger partial charge in [0, 0.05) is 24.3 Å². The van der Waals surface area contributed by atoms with E-state index in [0.29, 0.717) is 0 Å². The quantitative estimate of drug-likeness (QED) is 0.126. The smallest absolute Gasteiger partial charge is 0.349 e. The molecular weight excluding hydrogens is 472 g/mol. The summed E-state index contributed by atoms with van der Waals surface area (Å²) in [4.78, 5) is 43.9. The van der Waals surface area contributed by atoms with E-state index in [2.05, 4.69) is 9.47 Å². The minimum atomic E-state index is -2.26. The average molecular weight is 480 g/mol. The molecule has 3 aromatic rings. The Balaban J connectivity index is 1.89. The number of hydrogen-bond acceptors (Lipinski definition) is 8. The summed E-state index contributed by atoms with van der Waals surface area (Å²) in [6, 6.07) is 7.18. The Hall–Kier alpha value is -4.88. The zero-order valence-electron chi connectivity index (χ0n) is 16.3. The zero-order valence-corrected chi connectivity index (χ0v) is 16.3. The second kappa shape index (κ2) is 9.32. The van der Waals surface area contributed by atoms with Gasteiger partial charge in [-0.3, -0.25) is 20.2 Å². The van der Waals surface area contributed by atoms with Crippen molar-refractivity contribution >= 4 is 23.3 Å². The van der Waals surface area contributed by atoms with Crippen LogP contribution in [0.5, 0.6) is 11.5 Å². The topological polar surface area (TPSA) is 139 Å². The molecule has 0 N–H and O–H groups in total. The first-order valence-corrected chi connectivity index (χ1v) is 8.80. The predicted molar refractivity (Wildman–Crippen MR) is 102 cm³/mol. The lowest BCUT2D eigenvalue weighted by Crippen LogP contribution is -2.21. The van der Waals surface area contributed by atoms with Gasteiger partial charge in [0.25, 0.3) is 11.4 Å². The molecule has 0 aliphatic carbocycles. The van der Waals surface area contributed by atoms with Gasteiger partial charge >= 0.3 is 11.9 Å². The van der Waals surface area contributed by atoms with E-state index < -0.39 is 79.1 Å². The maximum Gasteiger partial charge on any atom is 0.349 e. The van der Waals surface area contributed by atoms with Crippen LogP contribution in [0.2, 0.25) is 0 Å². The second-order valence-electron chi connectivity index (χ2n) is 6.29. The monoisotopic (exact) mass is 480 g/mol. The summed E-state index contributed by atoms with van der Waals surface area (Å²) >= 11 is 0. The SMILES string of the molecule is O=C(Oc1ccc([N+](=O)[O-])cc1)c1c(F)c(F)c(C(=O)Oc2ccc([N+](=O)[O-])cc2)c(F)c1F. The number of rotatable bonds is 6. The van der Waals surface area contributed by atoms with Crippen molar-refractivity contribution < 1.29 is 46.5 Å². The number of esters is 2. The van der Waals surface area contributed by atoms with Crippen LogP contribution in [0, 0.1) is 43.5 Å². The number of nitro groups is 2. The lowest BCUT2D eigenvalue weighted by molar-refractivity contribution is -0.385. The van der Waals surface area contributed by atoms with Gasteiger partial charge in [-0.25, -0.2) is 27.2 Å². The molecule has 0 aromatic heterocycles. The van der Waals surface area contributed by atoms with Crippen molar-refractivity contribution in [3.63, 3.8) is 0 Å². The van der Waals surface area contributed by atoms with Crippen LogP contribution in [0.15, 0.2) is 48.5 Å². The van der Waals surface area contributed by atoms with Crippen molar-refractivity contribution in [1.29, 1.82) is 0 Å². The van der Waals surface area contributed by atoms with Gasteiger partial charge in [-0.1, -0.05) is 0 Å². The molecule has 0 saturated heterocycles. The second-order valence-corrected chi connectivity index (χ2v) is 6.29. The molecule has 0 heterocycles. The fourth-order valence-electron chi connectivity index (χ4n) is 2.58. The Morgan fingerprint density at radius 3 is 1.09 bits per heavy atom. The van der Waals surface area contributed by atoms with Crippen LogP contribution in [0.25, 0.3) is 0 Å². The van der Waals surface area contributed by atoms with Crippen LogP contribution in [0.3, 0.4) is 0 Å². The van der Waals surface area contributed by atoms with Gasteiger partial charge in [0.15, 0.2) is 23.3 Å². The van der Waals surface area contributed by atoms with E-state index in [9.17, 15) is 47.4 Å². The van der Waals surface area contributed by atoms with Gasteiger partial charge in [0.2, 0.25) is 0 Å². The lowest BCUT2D eigenvalue weighted by atomic mass is 10.1. The van der Waals surface area contributed by atoms with E-state index in [1.54, 1.807) is 0 Å². The average Bonchev–Trinajstić information content (AvgIpc) is 2.78. The van der Waals surface area contributed by atoms with Gasteiger partial charge in [-0.15, -0.1) is 0 Å². The number of non-ortho nitro benzene ring substituents is 2. The maximum atomic E-state index is 14.4. The van der Waals surface area contributed by atoms with Gasteiger partial charge in [-0.05, 0) is 24.3 Å². The summed E-state index contributed by atoms with van der Waals surface area (Å²) in [5, 5.41) is 21.2. The van der Waals surface area contributed by atoms with Crippen LogP contribution in [0.4, 0.5) is 28.9 Å².